The van der Waals surface area contributed by atoms with Gasteiger partial charge in [0.1, 0.15) is 6.04 Å². The number of amides is 3. The largest absolute Gasteiger partial charge is 0.381 e. The van der Waals surface area contributed by atoms with Gasteiger partial charge in [0.2, 0.25) is 11.8 Å². The lowest BCUT2D eigenvalue weighted by atomic mass is 10.0. The number of benzene rings is 1. The number of carbonyl (C=O) groups excluding carboxylic acids is 3. The first kappa shape index (κ1) is 17.1. The zero-order chi connectivity index (χ0) is 19.3. The van der Waals surface area contributed by atoms with Gasteiger partial charge in [-0.05, 0) is 30.5 Å². The molecule has 8 nitrogen and oxygen atoms in total. The summed E-state index contributed by atoms with van der Waals surface area (Å²) in [5.41, 5.74) is 3.15. The van der Waals surface area contributed by atoms with Crippen molar-refractivity contribution < 1.29 is 23.6 Å². The Hall–Kier alpha value is -3.00. The van der Waals surface area contributed by atoms with Crippen LogP contribution in [0.1, 0.15) is 46.8 Å². The highest BCUT2D eigenvalue weighted by Gasteiger charge is 2.39. The molecular formula is C20H19N3O5. The number of aromatic nitrogens is 1. The number of rotatable bonds is 3. The Morgan fingerprint density at radius 2 is 2.04 bits per heavy atom. The number of hydrogen-bond donors (Lipinski definition) is 1. The number of nitrogens with zero attached hydrogens (tertiary/aromatic N) is 2. The average molecular weight is 381 g/mol. The Bertz CT molecular complexity index is 976. The topological polar surface area (TPSA) is 102 Å². The third-order valence-electron chi connectivity index (χ3n) is 5.68. The summed E-state index contributed by atoms with van der Waals surface area (Å²) in [7, 11) is 0. The first-order valence-corrected chi connectivity index (χ1v) is 9.42. The molecule has 0 spiro atoms. The molecule has 4 heterocycles. The predicted molar refractivity (Wildman–Crippen MR) is 96.2 cm³/mol. The Balaban J connectivity index is 1.38. The van der Waals surface area contributed by atoms with E-state index in [1.165, 1.54) is 4.90 Å². The molecule has 0 bridgehead atoms. The molecule has 3 aliphatic heterocycles. The van der Waals surface area contributed by atoms with Crippen LogP contribution >= 0.6 is 0 Å². The molecular weight excluding hydrogens is 362 g/mol. The third-order valence-corrected chi connectivity index (χ3v) is 5.68. The van der Waals surface area contributed by atoms with Crippen molar-refractivity contribution in [3.8, 4) is 11.3 Å². The second kappa shape index (κ2) is 6.56. The van der Waals surface area contributed by atoms with E-state index in [4.69, 9.17) is 9.26 Å². The van der Waals surface area contributed by atoms with Crippen molar-refractivity contribution in [2.45, 2.75) is 37.8 Å². The summed E-state index contributed by atoms with van der Waals surface area (Å²) in [5.74, 6) is 0.0308. The molecule has 0 radical (unpaired) electrons. The number of hydrogen-bond acceptors (Lipinski definition) is 6. The number of ether oxygens (including phenoxy) is 1. The minimum Gasteiger partial charge on any atom is -0.381 e. The van der Waals surface area contributed by atoms with Crippen molar-refractivity contribution in [3.63, 3.8) is 0 Å². The van der Waals surface area contributed by atoms with Gasteiger partial charge in [0.25, 0.3) is 5.91 Å². The summed E-state index contributed by atoms with van der Waals surface area (Å²) < 4.78 is 10.9. The lowest BCUT2D eigenvalue weighted by Crippen LogP contribution is -2.52. The van der Waals surface area contributed by atoms with E-state index in [2.05, 4.69) is 10.5 Å². The molecule has 0 aliphatic carbocycles. The normalized spacial score (nSPS) is 24.6. The van der Waals surface area contributed by atoms with Crippen LogP contribution in [0.3, 0.4) is 0 Å². The maximum atomic E-state index is 12.8. The minimum atomic E-state index is -0.611. The number of fused-ring (bicyclic) bond motifs is 1. The monoisotopic (exact) mass is 381 g/mol. The SMILES string of the molecule is O=C1CCC(N2Cc3cc(-c4cc([C@H]5CCOC5)no4)ccc3C2=O)C(=O)N1. The van der Waals surface area contributed by atoms with Gasteiger partial charge in [0.05, 0.1) is 12.3 Å². The van der Waals surface area contributed by atoms with E-state index >= 15 is 0 Å². The molecule has 2 fully saturated rings. The van der Waals surface area contributed by atoms with Crippen molar-refractivity contribution in [3.05, 3.63) is 41.1 Å². The van der Waals surface area contributed by atoms with Crippen LogP contribution in [0.4, 0.5) is 0 Å². The van der Waals surface area contributed by atoms with E-state index in [1.807, 2.05) is 18.2 Å². The summed E-state index contributed by atoms with van der Waals surface area (Å²) in [6, 6.07) is 6.82. The van der Waals surface area contributed by atoms with Gasteiger partial charge in [-0.15, -0.1) is 0 Å². The van der Waals surface area contributed by atoms with Crippen molar-refractivity contribution in [2.24, 2.45) is 0 Å². The number of imide groups is 1. The first-order chi connectivity index (χ1) is 13.6. The van der Waals surface area contributed by atoms with Gasteiger partial charge in [-0.25, -0.2) is 0 Å². The first-order valence-electron chi connectivity index (χ1n) is 9.42. The van der Waals surface area contributed by atoms with Gasteiger partial charge in [-0.2, -0.15) is 0 Å². The molecule has 5 rings (SSSR count). The highest BCUT2D eigenvalue weighted by Crippen LogP contribution is 2.33. The molecule has 3 amide bonds. The zero-order valence-corrected chi connectivity index (χ0v) is 15.1. The van der Waals surface area contributed by atoms with Gasteiger partial charge in [0.15, 0.2) is 5.76 Å². The molecule has 8 heteroatoms. The number of nitrogens with one attached hydrogen (secondary N) is 1. The number of piperidine rings is 1. The summed E-state index contributed by atoms with van der Waals surface area (Å²) in [6.45, 7) is 1.74. The Morgan fingerprint density at radius 3 is 2.82 bits per heavy atom. The van der Waals surface area contributed by atoms with E-state index in [9.17, 15) is 14.4 Å². The summed E-state index contributed by atoms with van der Waals surface area (Å²) in [6.07, 6.45) is 1.53. The molecule has 1 N–H and O–H groups in total. The van der Waals surface area contributed by atoms with Crippen molar-refractivity contribution in [2.75, 3.05) is 13.2 Å². The zero-order valence-electron chi connectivity index (χ0n) is 15.1. The molecule has 1 unspecified atom stereocenters. The standard InChI is InChI=1S/C20H19N3O5/c24-18-4-3-16(19(25)21-18)23-9-13-7-11(1-2-14(13)20(23)26)17-8-15(22-28-17)12-5-6-27-10-12/h1-2,7-8,12,16H,3-6,9-10H2,(H,21,24,25)/t12-,16?/m0/s1. The highest BCUT2D eigenvalue weighted by molar-refractivity contribution is 6.05. The van der Waals surface area contributed by atoms with Crippen LogP contribution in [0.15, 0.2) is 28.8 Å². The van der Waals surface area contributed by atoms with Gasteiger partial charge < -0.3 is 14.2 Å². The van der Waals surface area contributed by atoms with Gasteiger partial charge >= 0.3 is 0 Å². The Morgan fingerprint density at radius 1 is 1.14 bits per heavy atom. The quantitative estimate of drug-likeness (QED) is 0.811. The van der Waals surface area contributed by atoms with Crippen LogP contribution < -0.4 is 5.32 Å². The fraction of sp³-hybridized carbons (Fsp3) is 0.400. The average Bonchev–Trinajstić information content (AvgIpc) is 3.41. The molecule has 0 saturated carbocycles. The summed E-state index contributed by atoms with van der Waals surface area (Å²) in [5, 5.41) is 6.49. The van der Waals surface area contributed by atoms with Crippen LogP contribution in [0, 0.1) is 0 Å². The Labute approximate surface area is 160 Å². The fourth-order valence-electron chi connectivity index (χ4n) is 4.11. The van der Waals surface area contributed by atoms with E-state index in [1.54, 1.807) is 6.07 Å². The van der Waals surface area contributed by atoms with E-state index in [0.29, 0.717) is 30.9 Å². The smallest absolute Gasteiger partial charge is 0.255 e. The number of carbonyl (C=O) groups is 3. The maximum absolute atomic E-state index is 12.8. The van der Waals surface area contributed by atoms with Crippen LogP contribution in [-0.4, -0.2) is 47.0 Å². The maximum Gasteiger partial charge on any atom is 0.255 e. The van der Waals surface area contributed by atoms with Gasteiger partial charge in [0, 0.05) is 42.7 Å². The van der Waals surface area contributed by atoms with Gasteiger partial charge in [-0.3, -0.25) is 19.7 Å². The molecule has 3 aliphatic rings. The van der Waals surface area contributed by atoms with E-state index in [0.717, 1.165) is 29.8 Å². The molecule has 2 aromatic rings. The fourth-order valence-corrected chi connectivity index (χ4v) is 4.11. The molecule has 28 heavy (non-hydrogen) atoms. The molecule has 2 atom stereocenters. The van der Waals surface area contributed by atoms with Crippen LogP contribution in [-0.2, 0) is 20.9 Å². The molecule has 144 valence electrons. The minimum absolute atomic E-state index is 0.183. The van der Waals surface area contributed by atoms with Crippen molar-refractivity contribution in [1.82, 2.24) is 15.4 Å². The summed E-state index contributed by atoms with van der Waals surface area (Å²) in [4.78, 5) is 37.8. The molecule has 2 saturated heterocycles. The second-order valence-electron chi connectivity index (χ2n) is 7.45. The van der Waals surface area contributed by atoms with Gasteiger partial charge in [-0.1, -0.05) is 11.2 Å². The lowest BCUT2D eigenvalue weighted by Gasteiger charge is -2.29. The van der Waals surface area contributed by atoms with E-state index in [-0.39, 0.29) is 24.2 Å². The van der Waals surface area contributed by atoms with Crippen molar-refractivity contribution >= 4 is 17.7 Å². The van der Waals surface area contributed by atoms with E-state index < -0.39 is 11.9 Å². The van der Waals surface area contributed by atoms with Crippen molar-refractivity contribution in [1.29, 1.82) is 0 Å². The molecule has 1 aromatic carbocycles. The molecule has 1 aromatic heterocycles. The van der Waals surface area contributed by atoms with Crippen LogP contribution in [0.2, 0.25) is 0 Å². The van der Waals surface area contributed by atoms with Crippen LogP contribution in [0.5, 0.6) is 0 Å². The highest BCUT2D eigenvalue weighted by atomic mass is 16.5. The predicted octanol–water partition coefficient (Wildman–Crippen LogP) is 1.61. The second-order valence-corrected chi connectivity index (χ2v) is 7.45. The summed E-state index contributed by atoms with van der Waals surface area (Å²) >= 11 is 0. The van der Waals surface area contributed by atoms with Crippen LogP contribution in [0.25, 0.3) is 11.3 Å². The third kappa shape index (κ3) is 2.80. The lowest BCUT2D eigenvalue weighted by molar-refractivity contribution is -0.136. The Kier molecular flexibility index (Phi) is 4.01.